The van der Waals surface area contributed by atoms with Gasteiger partial charge in [0.1, 0.15) is 23.4 Å². The Kier molecular flexibility index (Phi) is 10.2. The van der Waals surface area contributed by atoms with Gasteiger partial charge >= 0.3 is 6.09 Å². The molecule has 8 nitrogen and oxygen atoms in total. The lowest BCUT2D eigenvalue weighted by atomic mass is 9.95. The highest BCUT2D eigenvalue weighted by Gasteiger charge is 2.44. The predicted molar refractivity (Wildman–Crippen MR) is 156 cm³/mol. The molecule has 3 amide bonds. The average molecular weight is 552 g/mol. The van der Waals surface area contributed by atoms with Crippen molar-refractivity contribution in [1.29, 1.82) is 0 Å². The number of alkyl carbamates (subject to hydrolysis) is 1. The molecule has 2 aromatic carbocycles. The molecule has 1 fully saturated rings. The number of ether oxygens (including phenoxy) is 1. The Morgan fingerprint density at radius 2 is 1.70 bits per heavy atom. The Bertz CT molecular complexity index is 1180. The van der Waals surface area contributed by atoms with Crippen molar-refractivity contribution in [2.45, 2.75) is 110 Å². The summed E-state index contributed by atoms with van der Waals surface area (Å²) in [6, 6.07) is 10.4. The number of benzene rings is 2. The molecule has 0 spiro atoms. The van der Waals surface area contributed by atoms with E-state index in [1.807, 2.05) is 39.0 Å². The molecule has 0 aromatic heterocycles. The third-order valence-corrected chi connectivity index (χ3v) is 6.92. The minimum atomic E-state index is -0.978. The minimum Gasteiger partial charge on any atom is -0.508 e. The highest BCUT2D eigenvalue weighted by atomic mass is 16.6. The van der Waals surface area contributed by atoms with Gasteiger partial charge < -0.3 is 25.4 Å². The molecule has 0 bridgehead atoms. The monoisotopic (exact) mass is 551 g/mol. The Hall–Kier alpha value is -3.55. The number of aromatic hydroxyl groups is 1. The van der Waals surface area contributed by atoms with E-state index in [1.165, 1.54) is 0 Å². The van der Waals surface area contributed by atoms with Crippen molar-refractivity contribution in [2.24, 2.45) is 0 Å². The first-order valence-electron chi connectivity index (χ1n) is 14.3. The quantitative estimate of drug-likeness (QED) is 0.343. The highest BCUT2D eigenvalue weighted by Crippen LogP contribution is 2.37. The summed E-state index contributed by atoms with van der Waals surface area (Å²) >= 11 is 0. The molecule has 3 unspecified atom stereocenters. The number of nitrogens with one attached hydrogen (secondary N) is 2. The van der Waals surface area contributed by atoms with Gasteiger partial charge in [-0.3, -0.25) is 9.59 Å². The Labute approximate surface area is 238 Å². The van der Waals surface area contributed by atoms with Crippen molar-refractivity contribution in [3.63, 3.8) is 0 Å². The van der Waals surface area contributed by atoms with Gasteiger partial charge in [-0.15, -0.1) is 0 Å². The molecule has 218 valence electrons. The number of rotatable bonds is 11. The molecule has 0 aliphatic heterocycles. The molecule has 3 rings (SSSR count). The number of phenolic OH excluding ortho intramolecular Hbond substituents is 1. The normalized spacial score (nSPS) is 15.5. The second kappa shape index (κ2) is 13.2. The van der Waals surface area contributed by atoms with Crippen LogP contribution in [-0.4, -0.2) is 51.6 Å². The minimum absolute atomic E-state index is 0.0467. The Balaban J connectivity index is 2.03. The smallest absolute Gasteiger partial charge is 0.408 e. The van der Waals surface area contributed by atoms with Crippen molar-refractivity contribution < 1.29 is 24.2 Å². The van der Waals surface area contributed by atoms with Crippen LogP contribution in [0, 0.1) is 13.8 Å². The van der Waals surface area contributed by atoms with Crippen molar-refractivity contribution >= 4 is 17.9 Å². The van der Waals surface area contributed by atoms with Crippen molar-refractivity contribution in [1.82, 2.24) is 15.5 Å². The van der Waals surface area contributed by atoms with Crippen LogP contribution < -0.4 is 10.6 Å². The van der Waals surface area contributed by atoms with Gasteiger partial charge in [0.2, 0.25) is 11.8 Å². The van der Waals surface area contributed by atoms with Crippen molar-refractivity contribution in [3.05, 3.63) is 64.7 Å². The zero-order chi connectivity index (χ0) is 29.6. The fourth-order valence-corrected chi connectivity index (χ4v) is 4.95. The molecule has 0 saturated heterocycles. The van der Waals surface area contributed by atoms with Crippen LogP contribution in [0.25, 0.3) is 0 Å². The third kappa shape index (κ3) is 8.73. The lowest BCUT2D eigenvalue weighted by Crippen LogP contribution is -2.55. The zero-order valence-electron chi connectivity index (χ0n) is 24.9. The van der Waals surface area contributed by atoms with E-state index < -0.39 is 23.8 Å². The number of hydrogen-bond donors (Lipinski definition) is 3. The predicted octanol–water partition coefficient (Wildman–Crippen LogP) is 5.48. The highest BCUT2D eigenvalue weighted by molar-refractivity contribution is 5.93. The number of carbonyl (C=O) groups excluding carboxylic acids is 3. The summed E-state index contributed by atoms with van der Waals surface area (Å²) in [7, 11) is 0. The first-order valence-corrected chi connectivity index (χ1v) is 14.3. The molecule has 1 aliphatic carbocycles. The fraction of sp³-hybridized carbons (Fsp3) is 0.531. The maximum atomic E-state index is 14.4. The van der Waals surface area contributed by atoms with E-state index in [2.05, 4.69) is 17.6 Å². The summed E-state index contributed by atoms with van der Waals surface area (Å²) in [6.07, 6.45) is 2.79. The molecule has 0 radical (unpaired) electrons. The molecular weight excluding hydrogens is 506 g/mol. The summed E-state index contributed by atoms with van der Waals surface area (Å²) in [5, 5.41) is 15.7. The number of phenols is 1. The molecule has 1 saturated carbocycles. The van der Waals surface area contributed by atoms with Crippen molar-refractivity contribution in [3.8, 4) is 5.75 Å². The average Bonchev–Trinajstić information content (AvgIpc) is 3.67. The van der Waals surface area contributed by atoms with Crippen LogP contribution in [0.4, 0.5) is 4.79 Å². The Morgan fingerprint density at radius 3 is 2.25 bits per heavy atom. The van der Waals surface area contributed by atoms with Gasteiger partial charge in [0, 0.05) is 18.5 Å². The van der Waals surface area contributed by atoms with Gasteiger partial charge in [-0.25, -0.2) is 4.79 Å². The van der Waals surface area contributed by atoms with E-state index in [9.17, 15) is 19.5 Å². The van der Waals surface area contributed by atoms with Crippen LogP contribution in [-0.2, 0) is 20.7 Å². The van der Waals surface area contributed by atoms with Crippen LogP contribution in [0.2, 0.25) is 0 Å². The molecule has 40 heavy (non-hydrogen) atoms. The Morgan fingerprint density at radius 1 is 1.05 bits per heavy atom. The summed E-state index contributed by atoms with van der Waals surface area (Å²) in [4.78, 5) is 42.9. The van der Waals surface area contributed by atoms with E-state index in [0.29, 0.717) is 0 Å². The number of carbonyl (C=O) groups is 3. The van der Waals surface area contributed by atoms with Gasteiger partial charge in [-0.05, 0) is 89.6 Å². The number of amides is 3. The number of aryl methyl sites for hydroxylation is 2. The van der Waals surface area contributed by atoms with Gasteiger partial charge in [0.05, 0.1) is 0 Å². The van der Waals surface area contributed by atoms with Gasteiger partial charge in [-0.2, -0.15) is 0 Å². The largest absolute Gasteiger partial charge is 0.508 e. The molecule has 8 heteroatoms. The van der Waals surface area contributed by atoms with Crippen LogP contribution in [0.1, 0.15) is 88.6 Å². The molecule has 3 N–H and O–H groups in total. The second-order valence-corrected chi connectivity index (χ2v) is 12.0. The van der Waals surface area contributed by atoms with E-state index in [1.54, 1.807) is 49.9 Å². The van der Waals surface area contributed by atoms with Crippen LogP contribution in [0.3, 0.4) is 0 Å². The third-order valence-electron chi connectivity index (χ3n) is 6.92. The SMILES string of the molecule is CCCC(C)NC(=O)C(c1ccc(C)cc1C)N(C(=O)C(Cc1ccc(O)cc1)NC(=O)OC(C)(C)C)C1CC1. The lowest BCUT2D eigenvalue weighted by molar-refractivity contribution is -0.143. The first-order chi connectivity index (χ1) is 18.8. The summed E-state index contributed by atoms with van der Waals surface area (Å²) in [6.45, 7) is 13.3. The van der Waals surface area contributed by atoms with Crippen LogP contribution in [0.5, 0.6) is 5.75 Å². The van der Waals surface area contributed by atoms with Gasteiger partial charge in [0.25, 0.3) is 0 Å². The number of nitrogens with zero attached hydrogens (tertiary/aromatic N) is 1. The van der Waals surface area contributed by atoms with E-state index >= 15 is 0 Å². The van der Waals surface area contributed by atoms with E-state index in [0.717, 1.165) is 47.9 Å². The van der Waals surface area contributed by atoms with E-state index in [-0.39, 0.29) is 36.1 Å². The summed E-state index contributed by atoms with van der Waals surface area (Å²) < 4.78 is 5.50. The number of hydrogen-bond acceptors (Lipinski definition) is 5. The van der Waals surface area contributed by atoms with Crippen LogP contribution in [0.15, 0.2) is 42.5 Å². The second-order valence-electron chi connectivity index (χ2n) is 12.0. The maximum absolute atomic E-state index is 14.4. The van der Waals surface area contributed by atoms with E-state index in [4.69, 9.17) is 4.74 Å². The first kappa shape index (κ1) is 31.0. The fourth-order valence-electron chi connectivity index (χ4n) is 4.95. The molecule has 2 aromatic rings. The molecular formula is C32H45N3O5. The van der Waals surface area contributed by atoms with Gasteiger partial charge in [0.15, 0.2) is 0 Å². The topological polar surface area (TPSA) is 108 Å². The van der Waals surface area contributed by atoms with Crippen molar-refractivity contribution in [2.75, 3.05) is 0 Å². The zero-order valence-corrected chi connectivity index (χ0v) is 24.9. The molecule has 0 heterocycles. The summed E-state index contributed by atoms with van der Waals surface area (Å²) in [5.41, 5.74) is 2.78. The maximum Gasteiger partial charge on any atom is 0.408 e. The molecule has 3 atom stereocenters. The van der Waals surface area contributed by atoms with Gasteiger partial charge in [-0.1, -0.05) is 49.2 Å². The van der Waals surface area contributed by atoms with Crippen LogP contribution >= 0.6 is 0 Å². The standard InChI is InChI=1S/C32H45N3O5/c1-8-9-22(4)33-29(37)28(26-17-10-20(2)18-21(26)3)35(24-13-14-24)30(38)27(34-31(39)40-32(5,6)7)19-23-11-15-25(36)16-12-23/h10-12,15-18,22,24,27-28,36H,8-9,13-14,19H2,1-7H3,(H,33,37)(H,34,39). The summed E-state index contributed by atoms with van der Waals surface area (Å²) in [5.74, 6) is -0.461. The molecule has 1 aliphatic rings. The lowest BCUT2D eigenvalue weighted by Gasteiger charge is -2.36.